The minimum absolute atomic E-state index is 0.0179. The van der Waals surface area contributed by atoms with Gasteiger partial charge in [-0.25, -0.2) is 28.1 Å². The lowest BCUT2D eigenvalue weighted by Crippen LogP contribution is -2.58. The van der Waals surface area contributed by atoms with Crippen molar-refractivity contribution >= 4 is 219 Å². The van der Waals surface area contributed by atoms with E-state index < -0.39 is 168 Å². The lowest BCUT2D eigenvalue weighted by atomic mass is 10.00. The summed E-state index contributed by atoms with van der Waals surface area (Å²) in [6, 6.07) is 11.8. The summed E-state index contributed by atoms with van der Waals surface area (Å²) in [5.74, 6) is -9.12. The number of nitrogens with zero attached hydrogens (tertiary/aromatic N) is 18. The first kappa shape index (κ1) is 104. The second kappa shape index (κ2) is 39.9. The number of phenols is 3. The Bertz CT molecular complexity index is 7770. The van der Waals surface area contributed by atoms with Gasteiger partial charge in [0.1, 0.15) is 66.9 Å². The Balaban J connectivity index is 0.771. The number of carbonyl (C=O) groups is 3. The Morgan fingerprint density at radius 2 is 0.674 bits per heavy atom. The number of aryl methyl sites for hydroxylation is 3. The van der Waals surface area contributed by atoms with Gasteiger partial charge in [-0.05, 0) is 151 Å². The van der Waals surface area contributed by atoms with Gasteiger partial charge in [0.25, 0.3) is 16.7 Å². The number of phenolic OH excluding ortho intramolecular Hbond substituents is 3. The summed E-state index contributed by atoms with van der Waals surface area (Å²) in [4.78, 5) is 130. The van der Waals surface area contributed by atoms with Crippen LogP contribution in [0, 0.1) is 72.2 Å². The van der Waals surface area contributed by atoms with Crippen molar-refractivity contribution in [1.82, 2.24) is 58.3 Å². The van der Waals surface area contributed by atoms with E-state index in [0.717, 1.165) is 4.57 Å². The molecule has 0 unspecified atom stereocenters. The standard InChI is InChI=1S/C99H83Cl12F3N18O9/c1-17-61(133)127-44(11)32-124(33-45(127)12)89-53-27-59(101)83(65-68(104)77(113)74(110)92(137)71(65)107)122-95(53)131(98(140)56(89)30-116)86-42(9)24-50(119-80(86)39(4)5)19-21-63(135)129-48(15)36-126(37-49(129)16)90-54-28-60(102)84(66-69(105)78(114)75(111)93(138)72(66)108)123-96(54)132(99(141)57(90)31-117)87-43(10)25-51(120-81(87)40(6)7)18-20-62(134)128-46(13)34-125(35-47(128)14)88-52-26-58(100)82(64-67(103)76(112)73(109)91(136)70(64)106)121-94(52)130(97(139)55(88)29-115)85-41(8)22-23-118-79(85)38(2)3/h17-28,38-40,44-49,136-138H,1,32-37H2,2-16H3/b20-18-,21-19-/t44-,45+,46-,47+,48-,49+. The number of fused-ring (bicyclic) bond motifs is 3. The molecule has 9 aromatic heterocycles. The average molecular weight is 2150 g/mol. The highest BCUT2D eigenvalue weighted by molar-refractivity contribution is 6.47. The van der Waals surface area contributed by atoms with E-state index in [1.54, 1.807) is 144 Å². The first-order valence-electron chi connectivity index (χ1n) is 43.9. The molecule has 0 radical (unpaired) electrons. The Kier molecular flexibility index (Phi) is 29.4. The van der Waals surface area contributed by atoms with Crippen LogP contribution in [0.4, 0.5) is 30.2 Å². The lowest BCUT2D eigenvalue weighted by molar-refractivity contribution is -0.131. The topological polar surface area (TPSA) is 346 Å². The average Bonchev–Trinajstić information content (AvgIpc) is 0.725. The van der Waals surface area contributed by atoms with E-state index in [4.69, 9.17) is 164 Å². The number of pyridine rings is 9. The maximum absolute atomic E-state index is 16.1. The normalized spacial score (nSPS) is 17.0. The molecule has 3 saturated heterocycles. The third kappa shape index (κ3) is 17.7. The number of carbonyl (C=O) groups excluding carboxylic acids is 3. The highest BCUT2D eigenvalue weighted by Crippen LogP contribution is 2.54. The molecule has 0 bridgehead atoms. The predicted molar refractivity (Wildman–Crippen MR) is 550 cm³/mol. The monoisotopic (exact) mass is 2140 g/mol. The van der Waals surface area contributed by atoms with Gasteiger partial charge in [-0.2, -0.15) is 15.8 Å². The van der Waals surface area contributed by atoms with Crippen molar-refractivity contribution in [2.45, 2.75) is 158 Å². The molecule has 141 heavy (non-hydrogen) atoms. The van der Waals surface area contributed by atoms with Crippen LogP contribution in [0.2, 0.25) is 60.3 Å². The zero-order valence-electron chi connectivity index (χ0n) is 77.6. The van der Waals surface area contributed by atoms with Gasteiger partial charge in [-0.15, -0.1) is 0 Å². The summed E-state index contributed by atoms with van der Waals surface area (Å²) in [6.07, 6.45) is 8.39. The second-order valence-corrected chi connectivity index (χ2v) is 40.5. The zero-order chi connectivity index (χ0) is 103. The van der Waals surface area contributed by atoms with Crippen LogP contribution < -0.4 is 31.4 Å². The quantitative estimate of drug-likeness (QED) is 0.0433. The molecule has 3 amide bonds. The van der Waals surface area contributed by atoms with Crippen molar-refractivity contribution < 1.29 is 42.9 Å². The van der Waals surface area contributed by atoms with E-state index in [9.17, 15) is 40.7 Å². The van der Waals surface area contributed by atoms with Crippen LogP contribution in [0.3, 0.4) is 0 Å². The number of nitriles is 3. The summed E-state index contributed by atoms with van der Waals surface area (Å²) in [5, 5.41) is 60.8. The molecule has 3 aliphatic heterocycles. The Morgan fingerprint density at radius 3 is 0.936 bits per heavy atom. The van der Waals surface area contributed by atoms with Crippen molar-refractivity contribution in [2.24, 2.45) is 0 Å². The molecule has 42 heteroatoms. The molecule has 12 heterocycles. The van der Waals surface area contributed by atoms with Crippen LogP contribution >= 0.6 is 139 Å². The van der Waals surface area contributed by atoms with Crippen LogP contribution in [-0.2, 0) is 14.4 Å². The predicted octanol–water partition coefficient (Wildman–Crippen LogP) is 23.1. The Labute approximate surface area is 865 Å². The maximum Gasteiger partial charge on any atom is 0.276 e. The van der Waals surface area contributed by atoms with Crippen LogP contribution in [0.5, 0.6) is 17.2 Å². The largest absolute Gasteiger partial charge is 0.505 e. The van der Waals surface area contributed by atoms with Crippen molar-refractivity contribution in [3.05, 3.63) is 238 Å². The summed E-state index contributed by atoms with van der Waals surface area (Å²) in [6.45, 7) is 30.5. The fraction of sp³-hybridized carbons (Fsp3) is 0.303. The summed E-state index contributed by atoms with van der Waals surface area (Å²) in [7, 11) is 0. The number of aromatic hydroxyl groups is 3. The first-order chi connectivity index (χ1) is 66.5. The molecule has 3 N–H and O–H groups in total. The van der Waals surface area contributed by atoms with Crippen molar-refractivity contribution in [2.75, 3.05) is 54.0 Å². The Hall–Kier alpha value is -11.6. The van der Waals surface area contributed by atoms with E-state index in [1.807, 2.05) is 13.8 Å². The van der Waals surface area contributed by atoms with Gasteiger partial charge in [0.15, 0.2) is 34.7 Å². The van der Waals surface area contributed by atoms with E-state index in [0.29, 0.717) is 28.1 Å². The molecule has 3 aromatic carbocycles. The number of rotatable bonds is 17. The molecule has 27 nitrogen and oxygen atoms in total. The van der Waals surface area contributed by atoms with Crippen molar-refractivity contribution in [1.29, 1.82) is 15.8 Å². The number of piperazine rings is 3. The molecule has 0 spiro atoms. The molecule has 15 rings (SSSR count). The highest BCUT2D eigenvalue weighted by atomic mass is 35.5. The number of halogens is 15. The number of anilines is 3. The van der Waals surface area contributed by atoms with Gasteiger partial charge in [0.05, 0.1) is 125 Å². The van der Waals surface area contributed by atoms with Gasteiger partial charge in [-0.3, -0.25) is 57.4 Å². The number of hydrogen-bond donors (Lipinski definition) is 3. The van der Waals surface area contributed by atoms with Crippen LogP contribution in [0.1, 0.15) is 163 Å². The van der Waals surface area contributed by atoms with Gasteiger partial charge < -0.3 is 44.7 Å². The third-order valence-corrected chi connectivity index (χ3v) is 29.4. The minimum atomic E-state index is -1.29. The van der Waals surface area contributed by atoms with Gasteiger partial charge >= 0.3 is 0 Å². The molecule has 728 valence electrons. The molecule has 3 aliphatic rings. The summed E-state index contributed by atoms with van der Waals surface area (Å²) < 4.78 is 51.2. The van der Waals surface area contributed by atoms with Crippen LogP contribution in [0.15, 0.2) is 81.8 Å². The first-order valence-corrected chi connectivity index (χ1v) is 48.5. The van der Waals surface area contributed by atoms with Crippen molar-refractivity contribution in [3.8, 4) is 86.3 Å². The highest BCUT2D eigenvalue weighted by Gasteiger charge is 2.43. The molecular formula is C99H83Cl12F3N18O9. The molecule has 6 atom stereocenters. The zero-order valence-corrected chi connectivity index (χ0v) is 86.7. The number of amides is 3. The fourth-order valence-electron chi connectivity index (χ4n) is 19.4. The van der Waals surface area contributed by atoms with Gasteiger partial charge in [0, 0.05) is 127 Å². The third-order valence-electron chi connectivity index (χ3n) is 25.4. The van der Waals surface area contributed by atoms with E-state index >= 15 is 32.3 Å². The molecule has 12 aromatic rings. The number of hydrogen-bond acceptors (Lipinski definition) is 21. The molecule has 0 saturated carbocycles. The van der Waals surface area contributed by atoms with E-state index in [-0.39, 0.29) is 190 Å². The lowest BCUT2D eigenvalue weighted by Gasteiger charge is -2.45. The molecule has 0 aliphatic carbocycles. The second-order valence-electron chi connectivity index (χ2n) is 35.9. The summed E-state index contributed by atoms with van der Waals surface area (Å²) >= 11 is 80.0. The number of benzene rings is 3. The fourth-order valence-corrected chi connectivity index (χ4v) is 22.8. The number of aromatic nitrogens is 9. The van der Waals surface area contributed by atoms with E-state index in [1.165, 1.54) is 57.7 Å². The summed E-state index contributed by atoms with van der Waals surface area (Å²) in [5.41, 5.74) is -2.62. The van der Waals surface area contributed by atoms with Gasteiger partial charge in [0.2, 0.25) is 17.7 Å². The molecule has 3 fully saturated rings. The van der Waals surface area contributed by atoms with Gasteiger partial charge in [-0.1, -0.05) is 187 Å². The van der Waals surface area contributed by atoms with Crippen LogP contribution in [0.25, 0.3) is 96.1 Å². The maximum atomic E-state index is 16.1. The smallest absolute Gasteiger partial charge is 0.276 e. The van der Waals surface area contributed by atoms with E-state index in [2.05, 4.69) is 29.8 Å². The minimum Gasteiger partial charge on any atom is -0.505 e. The van der Waals surface area contributed by atoms with Crippen LogP contribution in [-0.4, -0.2) is 167 Å². The SMILES string of the molecule is C=CC(=O)N1[C@H](C)CN(c2c(C#N)c(=O)n(-c3c(C)cc(/C=C\C(=O)N4[C@H](C)CN(c5c(C#N)c(=O)n(-c6c(C)cc(/C=C\C(=O)N7[C@H](C)CN(c8c(C#N)c(=O)n(-c9c(C)ccnc9C(C)C)c9nc(-c%10c(Cl)c(O)c(Cl)c(F)c%10Cl)c(Cl)cc89)C[C@@H]7C)nc6C(C)C)c6nc(-c7c(Cl)c(O)c(Cl)c(F)c7Cl)c(Cl)cc56)C[C@@H]4C)nc3C(C)C)c3nc(-c4c(Cl)c(O)c(Cl)c(F)c4Cl)c(Cl)cc23)C[C@@H]1C. The van der Waals surface area contributed by atoms with Crippen molar-refractivity contribution in [3.63, 3.8) is 0 Å². The molecular weight excluding hydrogens is 2070 g/mol. The Morgan fingerprint density at radius 1 is 0.404 bits per heavy atom.